The molecule has 0 nitrogen and oxygen atoms in total. The normalized spacial score (nSPS) is 21.0. The Morgan fingerprint density at radius 2 is 1.46 bits per heavy atom. The van der Waals surface area contributed by atoms with E-state index in [4.69, 9.17) is 0 Å². The molecule has 2 aromatic carbocycles. The highest BCUT2D eigenvalue weighted by molar-refractivity contribution is 5.65. The Bertz CT molecular complexity index is 660. The lowest BCUT2D eigenvalue weighted by Crippen LogP contribution is -2.13. The molecule has 0 N–H and O–H groups in total. The van der Waals surface area contributed by atoms with Crippen LogP contribution >= 0.6 is 0 Å². The summed E-state index contributed by atoms with van der Waals surface area (Å²) >= 11 is 0. The Balaban J connectivity index is 1.75. The molecule has 0 aromatic heterocycles. The summed E-state index contributed by atoms with van der Waals surface area (Å²) in [5.74, 6) is -1.22. The van der Waals surface area contributed by atoms with E-state index in [9.17, 15) is 13.2 Å². The summed E-state index contributed by atoms with van der Waals surface area (Å²) in [5, 5.41) is 0. The molecule has 0 spiro atoms. The Kier molecular flexibility index (Phi) is 5.27. The molecule has 0 bridgehead atoms. The maximum Gasteiger partial charge on any atom is 0.136 e. The van der Waals surface area contributed by atoms with Gasteiger partial charge in [-0.2, -0.15) is 0 Å². The van der Waals surface area contributed by atoms with E-state index < -0.39 is 17.5 Å². The van der Waals surface area contributed by atoms with E-state index in [2.05, 4.69) is 6.92 Å². The van der Waals surface area contributed by atoms with Crippen LogP contribution in [0.4, 0.5) is 13.2 Å². The Hall–Kier alpha value is -1.77. The highest BCUT2D eigenvalue weighted by atomic mass is 19.1. The third-order valence-electron chi connectivity index (χ3n) is 5.22. The summed E-state index contributed by atoms with van der Waals surface area (Å²) in [4.78, 5) is 0. The molecule has 0 aliphatic heterocycles. The van der Waals surface area contributed by atoms with Crippen LogP contribution in [0.15, 0.2) is 36.4 Å². The molecule has 128 valence electrons. The fourth-order valence-corrected chi connectivity index (χ4v) is 3.93. The van der Waals surface area contributed by atoms with Gasteiger partial charge in [-0.15, -0.1) is 0 Å². The van der Waals surface area contributed by atoms with Crippen molar-refractivity contribution in [3.63, 3.8) is 0 Å². The van der Waals surface area contributed by atoms with Crippen molar-refractivity contribution in [2.45, 2.75) is 51.4 Å². The molecule has 0 radical (unpaired) electrons. The van der Waals surface area contributed by atoms with Gasteiger partial charge in [0.05, 0.1) is 5.56 Å². The van der Waals surface area contributed by atoms with Gasteiger partial charge in [0.25, 0.3) is 0 Å². The SMILES string of the molecule is CCCC1CCC(c2ccc(-c3c(F)cc(F)cc3F)cc2)CC1. The third-order valence-corrected chi connectivity index (χ3v) is 5.22. The van der Waals surface area contributed by atoms with Crippen LogP contribution in [0.5, 0.6) is 0 Å². The summed E-state index contributed by atoms with van der Waals surface area (Å²) in [5.41, 5.74) is 1.53. The van der Waals surface area contributed by atoms with Gasteiger partial charge >= 0.3 is 0 Å². The summed E-state index contributed by atoms with van der Waals surface area (Å²) in [6.07, 6.45) is 7.46. The zero-order chi connectivity index (χ0) is 17.1. The average molecular weight is 332 g/mol. The fourth-order valence-electron chi connectivity index (χ4n) is 3.93. The highest BCUT2D eigenvalue weighted by Crippen LogP contribution is 2.38. The molecule has 3 heteroatoms. The maximum absolute atomic E-state index is 13.9. The number of halogens is 3. The van der Waals surface area contributed by atoms with Gasteiger partial charge in [-0.25, -0.2) is 13.2 Å². The predicted octanol–water partition coefficient (Wildman–Crippen LogP) is 6.84. The molecular weight excluding hydrogens is 309 g/mol. The maximum atomic E-state index is 13.9. The first-order valence-electron chi connectivity index (χ1n) is 8.83. The molecule has 1 aliphatic rings. The van der Waals surface area contributed by atoms with Crippen LogP contribution in [0.3, 0.4) is 0 Å². The van der Waals surface area contributed by atoms with Crippen molar-refractivity contribution in [1.82, 2.24) is 0 Å². The van der Waals surface area contributed by atoms with Gasteiger partial charge in [0.15, 0.2) is 0 Å². The lowest BCUT2D eigenvalue weighted by atomic mass is 9.77. The predicted molar refractivity (Wildman–Crippen MR) is 91.4 cm³/mol. The summed E-state index contributed by atoms with van der Waals surface area (Å²) < 4.78 is 40.8. The van der Waals surface area contributed by atoms with Crippen LogP contribution in [0.2, 0.25) is 0 Å². The van der Waals surface area contributed by atoms with E-state index in [0.717, 1.165) is 18.1 Å². The fraction of sp³-hybridized carbons (Fsp3) is 0.429. The summed E-state index contributed by atoms with van der Waals surface area (Å²) in [6.45, 7) is 2.23. The molecule has 1 saturated carbocycles. The molecule has 0 amide bonds. The second kappa shape index (κ2) is 7.42. The van der Waals surface area contributed by atoms with Crippen LogP contribution in [-0.2, 0) is 0 Å². The van der Waals surface area contributed by atoms with Crippen LogP contribution in [0.25, 0.3) is 11.1 Å². The minimum Gasteiger partial charge on any atom is -0.207 e. The van der Waals surface area contributed by atoms with Gasteiger partial charge in [-0.1, -0.05) is 44.0 Å². The molecule has 0 unspecified atom stereocenters. The zero-order valence-corrected chi connectivity index (χ0v) is 14.0. The quantitative estimate of drug-likeness (QED) is 0.574. The summed E-state index contributed by atoms with van der Waals surface area (Å²) in [6, 6.07) is 8.85. The lowest BCUT2D eigenvalue weighted by molar-refractivity contribution is 0.308. The van der Waals surface area contributed by atoms with Gasteiger partial charge in [0.1, 0.15) is 17.5 Å². The topological polar surface area (TPSA) is 0 Å². The van der Waals surface area contributed by atoms with Crippen molar-refractivity contribution in [1.29, 1.82) is 0 Å². The van der Waals surface area contributed by atoms with E-state index in [1.54, 1.807) is 12.1 Å². The molecule has 1 fully saturated rings. The molecule has 3 rings (SSSR count). The van der Waals surface area contributed by atoms with Gasteiger partial charge in [-0.05, 0) is 48.6 Å². The summed E-state index contributed by atoms with van der Waals surface area (Å²) in [7, 11) is 0. The van der Waals surface area contributed by atoms with Crippen LogP contribution in [0.1, 0.15) is 56.9 Å². The van der Waals surface area contributed by atoms with E-state index in [-0.39, 0.29) is 5.56 Å². The van der Waals surface area contributed by atoms with Crippen molar-refractivity contribution in [2.75, 3.05) is 0 Å². The highest BCUT2D eigenvalue weighted by Gasteiger charge is 2.22. The van der Waals surface area contributed by atoms with Crippen molar-refractivity contribution in [3.05, 3.63) is 59.4 Å². The van der Waals surface area contributed by atoms with Crippen LogP contribution in [-0.4, -0.2) is 0 Å². The molecule has 0 atom stereocenters. The second-order valence-corrected chi connectivity index (χ2v) is 6.87. The third kappa shape index (κ3) is 3.66. The van der Waals surface area contributed by atoms with Crippen LogP contribution < -0.4 is 0 Å². The lowest BCUT2D eigenvalue weighted by Gasteiger charge is -2.28. The Morgan fingerprint density at radius 1 is 0.875 bits per heavy atom. The smallest absolute Gasteiger partial charge is 0.136 e. The minimum absolute atomic E-state index is 0.158. The van der Waals surface area contributed by atoms with Gasteiger partial charge in [0.2, 0.25) is 0 Å². The first-order chi connectivity index (χ1) is 11.6. The van der Waals surface area contributed by atoms with Crippen LogP contribution in [0, 0.1) is 23.4 Å². The monoisotopic (exact) mass is 332 g/mol. The van der Waals surface area contributed by atoms with E-state index >= 15 is 0 Å². The number of hydrogen-bond acceptors (Lipinski definition) is 0. The van der Waals surface area contributed by atoms with Crippen molar-refractivity contribution in [2.24, 2.45) is 5.92 Å². The number of rotatable bonds is 4. The molecule has 1 aliphatic carbocycles. The standard InChI is InChI=1S/C21H23F3/c1-2-3-14-4-6-15(7-5-14)16-8-10-17(11-9-16)21-19(23)12-18(22)13-20(21)24/h8-15H,2-7H2,1H3. The van der Waals surface area contributed by atoms with Crippen molar-refractivity contribution in [3.8, 4) is 11.1 Å². The van der Waals surface area contributed by atoms with Gasteiger partial charge < -0.3 is 0 Å². The Morgan fingerprint density at radius 3 is 2.00 bits per heavy atom. The van der Waals surface area contributed by atoms with Gasteiger partial charge in [-0.3, -0.25) is 0 Å². The van der Waals surface area contributed by atoms with E-state index in [1.807, 2.05) is 12.1 Å². The Labute approximate surface area is 141 Å². The molecule has 0 saturated heterocycles. The first kappa shape index (κ1) is 17.1. The molecule has 0 heterocycles. The zero-order valence-electron chi connectivity index (χ0n) is 14.0. The molecule has 24 heavy (non-hydrogen) atoms. The number of hydrogen-bond donors (Lipinski definition) is 0. The van der Waals surface area contributed by atoms with Gasteiger partial charge in [0, 0.05) is 12.1 Å². The minimum atomic E-state index is -0.894. The largest absolute Gasteiger partial charge is 0.207 e. The van der Waals surface area contributed by atoms with Crippen molar-refractivity contribution >= 4 is 0 Å². The van der Waals surface area contributed by atoms with Crippen molar-refractivity contribution < 1.29 is 13.2 Å². The number of benzene rings is 2. The second-order valence-electron chi connectivity index (χ2n) is 6.87. The van der Waals surface area contributed by atoms with E-state index in [0.29, 0.717) is 11.5 Å². The van der Waals surface area contributed by atoms with E-state index in [1.165, 1.54) is 44.1 Å². The average Bonchev–Trinajstić information content (AvgIpc) is 2.56. The first-order valence-corrected chi connectivity index (χ1v) is 8.83. The molecular formula is C21H23F3. The molecule has 2 aromatic rings.